The average Bonchev–Trinajstić information content (AvgIpc) is 3.15. The van der Waals surface area contributed by atoms with E-state index in [9.17, 15) is 4.79 Å². The summed E-state index contributed by atoms with van der Waals surface area (Å²) in [4.78, 5) is 15.5. The van der Waals surface area contributed by atoms with Crippen molar-refractivity contribution in [2.24, 2.45) is 0 Å². The zero-order chi connectivity index (χ0) is 22.7. The van der Waals surface area contributed by atoms with Gasteiger partial charge in [-0.05, 0) is 38.8 Å². The summed E-state index contributed by atoms with van der Waals surface area (Å²) in [7, 11) is 0. The van der Waals surface area contributed by atoms with E-state index in [1.165, 1.54) is 17.0 Å². The molecule has 0 radical (unpaired) electrons. The minimum atomic E-state index is -0.274. The van der Waals surface area contributed by atoms with E-state index in [0.717, 1.165) is 18.7 Å². The lowest BCUT2D eigenvalue weighted by atomic mass is 9.99. The summed E-state index contributed by atoms with van der Waals surface area (Å²) in [6, 6.07) is 20.7. The number of carbonyl (C=O) groups is 1. The van der Waals surface area contributed by atoms with Crippen LogP contribution in [0.2, 0.25) is 0 Å². The Morgan fingerprint density at radius 3 is 2.22 bits per heavy atom. The van der Waals surface area contributed by atoms with Gasteiger partial charge in [-0.1, -0.05) is 60.7 Å². The molecule has 0 spiro atoms. The van der Waals surface area contributed by atoms with Gasteiger partial charge in [0.1, 0.15) is 24.9 Å². The fraction of sp³-hybridized carbons (Fsp3) is 0.407. The van der Waals surface area contributed by atoms with Crippen LogP contribution in [0.1, 0.15) is 56.3 Å². The van der Waals surface area contributed by atoms with Crippen LogP contribution in [0.15, 0.2) is 67.0 Å². The number of rotatable bonds is 7. The Labute approximate surface area is 191 Å². The zero-order valence-corrected chi connectivity index (χ0v) is 19.6. The first-order valence-corrected chi connectivity index (χ1v) is 11.6. The van der Waals surface area contributed by atoms with Gasteiger partial charge in [-0.2, -0.15) is 0 Å². The van der Waals surface area contributed by atoms with Gasteiger partial charge in [0, 0.05) is 12.5 Å². The molecule has 0 fully saturated rings. The molecule has 0 unspecified atom stereocenters. The number of hydrogen-bond acceptors (Lipinski definition) is 3. The van der Waals surface area contributed by atoms with E-state index >= 15 is 0 Å². The number of esters is 1. The second-order valence-electron chi connectivity index (χ2n) is 9.20. The van der Waals surface area contributed by atoms with Gasteiger partial charge in [-0.15, -0.1) is 0 Å². The third kappa shape index (κ3) is 4.78. The third-order valence-corrected chi connectivity index (χ3v) is 6.29. The SMILES string of the molecule is CC(C)N1Cc2c([n+](C(C)C)cn2Cc2ccccc2)C[C@H]1C(=O)OCc1ccccc1. The van der Waals surface area contributed by atoms with Gasteiger partial charge in [0.05, 0.1) is 12.6 Å². The number of imidazole rings is 1. The Morgan fingerprint density at radius 1 is 1.00 bits per heavy atom. The molecule has 1 aromatic heterocycles. The number of ether oxygens (including phenoxy) is 1. The molecule has 3 aromatic rings. The topological polar surface area (TPSA) is 38.4 Å². The lowest BCUT2D eigenvalue weighted by Crippen LogP contribution is -2.52. The van der Waals surface area contributed by atoms with Gasteiger partial charge in [-0.25, -0.2) is 9.13 Å². The number of benzene rings is 2. The molecule has 0 bridgehead atoms. The predicted molar refractivity (Wildman–Crippen MR) is 125 cm³/mol. The first-order chi connectivity index (χ1) is 15.4. The zero-order valence-electron chi connectivity index (χ0n) is 19.6. The molecule has 4 rings (SSSR count). The van der Waals surface area contributed by atoms with Crippen molar-refractivity contribution < 1.29 is 14.1 Å². The Hall–Kier alpha value is -2.92. The second-order valence-corrected chi connectivity index (χ2v) is 9.20. The molecule has 0 saturated heterocycles. The van der Waals surface area contributed by atoms with Crippen molar-refractivity contribution in [3.05, 3.63) is 89.5 Å². The molecule has 1 aliphatic heterocycles. The quantitative estimate of drug-likeness (QED) is 0.413. The predicted octanol–water partition coefficient (Wildman–Crippen LogP) is 4.28. The molecule has 0 aliphatic carbocycles. The molecule has 2 heterocycles. The summed E-state index contributed by atoms with van der Waals surface area (Å²) in [6.45, 7) is 10.6. The van der Waals surface area contributed by atoms with Crippen molar-refractivity contribution >= 4 is 5.97 Å². The Morgan fingerprint density at radius 2 is 1.62 bits per heavy atom. The molecule has 2 aromatic carbocycles. The molecule has 32 heavy (non-hydrogen) atoms. The van der Waals surface area contributed by atoms with Crippen LogP contribution >= 0.6 is 0 Å². The van der Waals surface area contributed by atoms with E-state index in [0.29, 0.717) is 19.1 Å². The Bertz CT molecular complexity index is 1040. The Kier molecular flexibility index (Phi) is 6.75. The van der Waals surface area contributed by atoms with Crippen LogP contribution in [0.3, 0.4) is 0 Å². The number of hydrogen-bond donors (Lipinski definition) is 0. The van der Waals surface area contributed by atoms with Gasteiger partial charge in [0.2, 0.25) is 6.33 Å². The summed E-state index contributed by atoms with van der Waals surface area (Å²) in [5, 5.41) is 0. The number of nitrogens with zero attached hydrogens (tertiary/aromatic N) is 3. The fourth-order valence-electron chi connectivity index (χ4n) is 4.54. The summed E-state index contributed by atoms with van der Waals surface area (Å²) < 4.78 is 10.4. The Balaban J connectivity index is 1.61. The van der Waals surface area contributed by atoms with Crippen LogP contribution in [-0.4, -0.2) is 27.5 Å². The second kappa shape index (κ2) is 9.70. The summed E-state index contributed by atoms with van der Waals surface area (Å²) in [5.41, 5.74) is 4.83. The molecule has 5 heteroatoms. The van der Waals surface area contributed by atoms with E-state index in [-0.39, 0.29) is 18.1 Å². The first-order valence-electron chi connectivity index (χ1n) is 11.6. The van der Waals surface area contributed by atoms with Crippen LogP contribution in [-0.2, 0) is 35.6 Å². The highest BCUT2D eigenvalue weighted by Gasteiger charge is 2.41. The largest absolute Gasteiger partial charge is 0.460 e. The maximum atomic E-state index is 13.2. The van der Waals surface area contributed by atoms with Crippen LogP contribution in [0.25, 0.3) is 0 Å². The average molecular weight is 433 g/mol. The number of carbonyl (C=O) groups excluding carboxylic acids is 1. The normalized spacial score (nSPS) is 16.4. The maximum Gasteiger partial charge on any atom is 0.324 e. The van der Waals surface area contributed by atoms with Crippen LogP contribution in [0.4, 0.5) is 0 Å². The van der Waals surface area contributed by atoms with Crippen LogP contribution in [0.5, 0.6) is 0 Å². The third-order valence-electron chi connectivity index (χ3n) is 6.29. The van der Waals surface area contributed by atoms with Gasteiger partial charge in [-0.3, -0.25) is 9.69 Å². The first kappa shape index (κ1) is 22.3. The minimum Gasteiger partial charge on any atom is -0.460 e. The number of fused-ring (bicyclic) bond motifs is 1. The van der Waals surface area contributed by atoms with E-state index in [1.54, 1.807) is 0 Å². The van der Waals surface area contributed by atoms with Gasteiger partial charge < -0.3 is 4.74 Å². The van der Waals surface area contributed by atoms with Crippen molar-refractivity contribution in [3.63, 3.8) is 0 Å². The smallest absolute Gasteiger partial charge is 0.324 e. The lowest BCUT2D eigenvalue weighted by molar-refractivity contribution is -0.723. The molecule has 0 N–H and O–H groups in total. The molecular formula is C27H34N3O2+. The molecule has 1 aliphatic rings. The molecular weight excluding hydrogens is 398 g/mol. The minimum absolute atomic E-state index is 0.140. The lowest BCUT2D eigenvalue weighted by Gasteiger charge is -2.35. The highest BCUT2D eigenvalue weighted by atomic mass is 16.5. The standard InChI is InChI=1S/C27H34N3O2/c1-20(2)29-17-26-24(15-25(29)27(31)32-18-23-13-9-6-10-14-23)30(21(3)4)19-28(26)16-22-11-7-5-8-12-22/h5-14,19-21,25H,15-18H2,1-4H3/q+1/t25-/m0/s1. The highest BCUT2D eigenvalue weighted by molar-refractivity contribution is 5.76. The van der Waals surface area contributed by atoms with Crippen molar-refractivity contribution in [2.45, 2.75) is 71.9 Å². The van der Waals surface area contributed by atoms with Crippen molar-refractivity contribution in [1.82, 2.24) is 9.47 Å². The highest BCUT2D eigenvalue weighted by Crippen LogP contribution is 2.26. The summed E-state index contributed by atoms with van der Waals surface area (Å²) >= 11 is 0. The summed E-state index contributed by atoms with van der Waals surface area (Å²) in [5.74, 6) is -0.140. The van der Waals surface area contributed by atoms with Gasteiger partial charge >= 0.3 is 5.97 Å². The molecule has 0 amide bonds. The number of aromatic nitrogens is 2. The van der Waals surface area contributed by atoms with Crippen LogP contribution in [0, 0.1) is 0 Å². The van der Waals surface area contributed by atoms with E-state index in [1.807, 2.05) is 30.3 Å². The fourth-order valence-corrected chi connectivity index (χ4v) is 4.54. The monoisotopic (exact) mass is 432 g/mol. The van der Waals surface area contributed by atoms with E-state index < -0.39 is 0 Å². The molecule has 1 atom stereocenters. The van der Waals surface area contributed by atoms with Crippen molar-refractivity contribution in [2.75, 3.05) is 0 Å². The van der Waals surface area contributed by atoms with Crippen molar-refractivity contribution in [3.8, 4) is 0 Å². The molecule has 5 nitrogen and oxygen atoms in total. The van der Waals surface area contributed by atoms with E-state index in [2.05, 4.69) is 78.4 Å². The molecule has 0 saturated carbocycles. The van der Waals surface area contributed by atoms with Gasteiger partial charge in [0.25, 0.3) is 0 Å². The summed E-state index contributed by atoms with van der Waals surface area (Å²) in [6.07, 6.45) is 2.89. The van der Waals surface area contributed by atoms with Crippen molar-refractivity contribution in [1.29, 1.82) is 0 Å². The maximum absolute atomic E-state index is 13.2. The van der Waals surface area contributed by atoms with Gasteiger partial charge in [0.15, 0.2) is 5.69 Å². The van der Waals surface area contributed by atoms with Crippen LogP contribution < -0.4 is 4.57 Å². The van der Waals surface area contributed by atoms with E-state index in [4.69, 9.17) is 4.74 Å². The molecule has 168 valence electrons.